The van der Waals surface area contributed by atoms with Gasteiger partial charge in [-0.15, -0.1) is 0 Å². The average Bonchev–Trinajstić information content (AvgIpc) is 2.80. The van der Waals surface area contributed by atoms with Gasteiger partial charge in [0.05, 0.1) is 12.8 Å². The largest absolute Gasteiger partial charge is 0.497 e. The maximum absolute atomic E-state index is 12.6. The third kappa shape index (κ3) is 4.62. The van der Waals surface area contributed by atoms with Crippen molar-refractivity contribution in [2.45, 2.75) is 0 Å². The number of rotatable bonds is 6. The minimum Gasteiger partial charge on any atom is -0.497 e. The first-order chi connectivity index (χ1) is 14.7. The summed E-state index contributed by atoms with van der Waals surface area (Å²) in [5.41, 5.74) is 3.82. The van der Waals surface area contributed by atoms with Crippen LogP contribution < -0.4 is 15.4 Å². The molecule has 3 aromatic carbocycles. The maximum Gasteiger partial charge on any atom is 0.255 e. The number of hydrogen-bond acceptors (Lipinski definition) is 5. The van der Waals surface area contributed by atoms with E-state index in [1.165, 1.54) is 6.33 Å². The Hall–Kier alpha value is -4.19. The van der Waals surface area contributed by atoms with Crippen molar-refractivity contribution in [1.29, 1.82) is 0 Å². The summed E-state index contributed by atoms with van der Waals surface area (Å²) < 4.78 is 5.14. The van der Waals surface area contributed by atoms with Gasteiger partial charge in [0.15, 0.2) is 0 Å². The molecule has 0 aliphatic rings. The first-order valence-electron chi connectivity index (χ1n) is 9.41. The van der Waals surface area contributed by atoms with Crippen LogP contribution in [0.1, 0.15) is 10.4 Å². The van der Waals surface area contributed by atoms with Crippen LogP contribution in [0.2, 0.25) is 0 Å². The van der Waals surface area contributed by atoms with Crippen LogP contribution in [0.3, 0.4) is 0 Å². The van der Waals surface area contributed by atoms with E-state index in [1.807, 2.05) is 48.5 Å². The molecule has 4 rings (SSSR count). The van der Waals surface area contributed by atoms with E-state index in [1.54, 1.807) is 43.5 Å². The van der Waals surface area contributed by atoms with Crippen LogP contribution in [0.5, 0.6) is 5.75 Å². The van der Waals surface area contributed by atoms with Gasteiger partial charge in [-0.25, -0.2) is 9.97 Å². The summed E-state index contributed by atoms with van der Waals surface area (Å²) in [5.74, 6) is 1.19. The maximum atomic E-state index is 12.6. The zero-order chi connectivity index (χ0) is 20.8. The highest BCUT2D eigenvalue weighted by Gasteiger charge is 2.08. The molecule has 1 heterocycles. The highest BCUT2D eigenvalue weighted by atomic mass is 16.5. The van der Waals surface area contributed by atoms with Crippen LogP contribution in [0, 0.1) is 0 Å². The van der Waals surface area contributed by atoms with Crippen molar-refractivity contribution < 1.29 is 9.53 Å². The second-order valence-electron chi connectivity index (χ2n) is 6.54. The van der Waals surface area contributed by atoms with Gasteiger partial charge in [-0.2, -0.15) is 0 Å². The van der Waals surface area contributed by atoms with E-state index in [0.29, 0.717) is 17.1 Å². The smallest absolute Gasteiger partial charge is 0.255 e. The summed E-state index contributed by atoms with van der Waals surface area (Å²) in [4.78, 5) is 21.2. The van der Waals surface area contributed by atoms with Gasteiger partial charge in [0.25, 0.3) is 5.91 Å². The molecular weight excluding hydrogens is 376 g/mol. The Bertz CT molecular complexity index is 1150. The van der Waals surface area contributed by atoms with Gasteiger partial charge in [0, 0.05) is 28.6 Å². The lowest BCUT2D eigenvalue weighted by Crippen LogP contribution is -2.12. The number of methoxy groups -OCH3 is 1. The van der Waals surface area contributed by atoms with Gasteiger partial charge in [-0.05, 0) is 42.5 Å². The van der Waals surface area contributed by atoms with E-state index in [-0.39, 0.29) is 5.91 Å². The Morgan fingerprint density at radius 2 is 1.63 bits per heavy atom. The molecule has 0 unspecified atom stereocenters. The van der Waals surface area contributed by atoms with E-state index >= 15 is 0 Å². The zero-order valence-corrected chi connectivity index (χ0v) is 16.4. The van der Waals surface area contributed by atoms with Crippen molar-refractivity contribution >= 4 is 23.1 Å². The summed E-state index contributed by atoms with van der Waals surface area (Å²) in [7, 11) is 1.60. The van der Waals surface area contributed by atoms with Crippen molar-refractivity contribution in [3.8, 4) is 17.0 Å². The van der Waals surface area contributed by atoms with Crippen LogP contribution in [-0.2, 0) is 0 Å². The van der Waals surface area contributed by atoms with Crippen LogP contribution in [0.25, 0.3) is 11.3 Å². The molecule has 6 heteroatoms. The molecule has 6 nitrogen and oxygen atoms in total. The highest BCUT2D eigenvalue weighted by Crippen LogP contribution is 2.22. The Labute approximate surface area is 174 Å². The third-order valence-corrected chi connectivity index (χ3v) is 4.48. The van der Waals surface area contributed by atoms with Crippen molar-refractivity contribution in [3.63, 3.8) is 0 Å². The predicted molar refractivity (Wildman–Crippen MR) is 118 cm³/mol. The SMILES string of the molecule is COc1ccc(NC(=O)c2cccc(Nc3cc(-c4ccccc4)ncn3)c2)cc1. The summed E-state index contributed by atoms with van der Waals surface area (Å²) in [5, 5.41) is 6.12. The Balaban J connectivity index is 1.49. The van der Waals surface area contributed by atoms with Gasteiger partial charge in [0.1, 0.15) is 17.9 Å². The number of anilines is 3. The predicted octanol–water partition coefficient (Wildman–Crippen LogP) is 5.15. The Morgan fingerprint density at radius 1 is 0.833 bits per heavy atom. The van der Waals surface area contributed by atoms with E-state index in [2.05, 4.69) is 20.6 Å². The molecule has 1 aromatic heterocycles. The summed E-state index contributed by atoms with van der Waals surface area (Å²) in [6, 6.07) is 26.2. The number of ether oxygens (including phenoxy) is 1. The molecule has 0 saturated heterocycles. The molecule has 2 N–H and O–H groups in total. The summed E-state index contributed by atoms with van der Waals surface area (Å²) in [6.07, 6.45) is 1.52. The fourth-order valence-electron chi connectivity index (χ4n) is 2.96. The number of carbonyl (C=O) groups is 1. The average molecular weight is 396 g/mol. The normalized spacial score (nSPS) is 10.3. The van der Waals surface area contributed by atoms with E-state index < -0.39 is 0 Å². The highest BCUT2D eigenvalue weighted by molar-refractivity contribution is 6.04. The zero-order valence-electron chi connectivity index (χ0n) is 16.4. The molecule has 30 heavy (non-hydrogen) atoms. The molecule has 0 radical (unpaired) electrons. The summed E-state index contributed by atoms with van der Waals surface area (Å²) in [6.45, 7) is 0. The summed E-state index contributed by atoms with van der Waals surface area (Å²) >= 11 is 0. The number of hydrogen-bond donors (Lipinski definition) is 2. The van der Waals surface area contributed by atoms with Gasteiger partial charge in [0.2, 0.25) is 0 Å². The molecule has 1 amide bonds. The van der Waals surface area contributed by atoms with E-state index in [4.69, 9.17) is 4.74 Å². The van der Waals surface area contributed by atoms with E-state index in [0.717, 1.165) is 22.7 Å². The molecular formula is C24H20N4O2. The van der Waals surface area contributed by atoms with Gasteiger partial charge >= 0.3 is 0 Å². The quantitative estimate of drug-likeness (QED) is 0.471. The third-order valence-electron chi connectivity index (χ3n) is 4.48. The molecule has 148 valence electrons. The molecule has 0 fully saturated rings. The van der Waals surface area contributed by atoms with Crippen LogP contribution in [-0.4, -0.2) is 23.0 Å². The second-order valence-corrected chi connectivity index (χ2v) is 6.54. The fraction of sp³-hybridized carbons (Fsp3) is 0.0417. The minimum atomic E-state index is -0.198. The number of carbonyl (C=O) groups excluding carboxylic acids is 1. The van der Waals surface area contributed by atoms with Crippen molar-refractivity contribution in [2.75, 3.05) is 17.7 Å². The van der Waals surface area contributed by atoms with Crippen LogP contribution >= 0.6 is 0 Å². The lowest BCUT2D eigenvalue weighted by atomic mass is 10.1. The molecule has 0 saturated carbocycles. The number of aromatic nitrogens is 2. The molecule has 4 aromatic rings. The van der Waals surface area contributed by atoms with Gasteiger partial charge < -0.3 is 15.4 Å². The van der Waals surface area contributed by atoms with Crippen molar-refractivity contribution in [3.05, 3.63) is 96.8 Å². The first-order valence-corrected chi connectivity index (χ1v) is 9.41. The Kier molecular flexibility index (Phi) is 5.66. The van der Waals surface area contributed by atoms with Gasteiger partial charge in [-0.3, -0.25) is 4.79 Å². The van der Waals surface area contributed by atoms with Gasteiger partial charge in [-0.1, -0.05) is 36.4 Å². The molecule has 0 bridgehead atoms. The molecule has 0 aliphatic carbocycles. The Morgan fingerprint density at radius 3 is 2.40 bits per heavy atom. The standard InChI is InChI=1S/C24H20N4O2/c1-30-21-12-10-19(11-13-21)28-24(29)18-8-5-9-20(14-18)27-23-15-22(25-16-26-23)17-6-3-2-4-7-17/h2-16H,1H3,(H,28,29)(H,25,26,27). The molecule has 0 atom stereocenters. The topological polar surface area (TPSA) is 76.1 Å². The first kappa shape index (κ1) is 19.1. The van der Waals surface area contributed by atoms with Crippen LogP contribution in [0.15, 0.2) is 91.3 Å². The number of nitrogens with one attached hydrogen (secondary N) is 2. The number of nitrogens with zero attached hydrogens (tertiary/aromatic N) is 2. The van der Waals surface area contributed by atoms with Crippen molar-refractivity contribution in [2.24, 2.45) is 0 Å². The lowest BCUT2D eigenvalue weighted by molar-refractivity contribution is 0.102. The van der Waals surface area contributed by atoms with Crippen molar-refractivity contribution in [1.82, 2.24) is 9.97 Å². The lowest BCUT2D eigenvalue weighted by Gasteiger charge is -2.10. The molecule has 0 aliphatic heterocycles. The number of amides is 1. The second kappa shape index (κ2) is 8.87. The monoisotopic (exact) mass is 396 g/mol. The number of benzene rings is 3. The van der Waals surface area contributed by atoms with E-state index in [9.17, 15) is 4.79 Å². The minimum absolute atomic E-state index is 0.198. The fourth-order valence-corrected chi connectivity index (χ4v) is 2.96. The molecule has 0 spiro atoms. The van der Waals surface area contributed by atoms with Crippen LogP contribution in [0.4, 0.5) is 17.2 Å².